The SMILES string of the molecule is CCN(CC)C(=O)c1ccccc1NC(=O)C1CC1c1ccco1. The number of benzene rings is 1. The molecule has 5 heteroatoms. The first-order chi connectivity index (χ1) is 11.7. The molecule has 1 aliphatic rings. The number of carbonyl (C=O) groups excluding carboxylic acids is 2. The predicted octanol–water partition coefficient (Wildman–Crippen LogP) is 3.50. The molecule has 126 valence electrons. The van der Waals surface area contributed by atoms with E-state index in [1.54, 1.807) is 23.3 Å². The maximum Gasteiger partial charge on any atom is 0.255 e. The Hall–Kier alpha value is -2.56. The first-order valence-corrected chi connectivity index (χ1v) is 8.38. The van der Waals surface area contributed by atoms with E-state index in [0.29, 0.717) is 24.3 Å². The van der Waals surface area contributed by atoms with Crippen LogP contribution in [0.1, 0.15) is 42.3 Å². The van der Waals surface area contributed by atoms with Crippen LogP contribution in [-0.2, 0) is 4.79 Å². The van der Waals surface area contributed by atoms with Gasteiger partial charge in [0.05, 0.1) is 17.5 Å². The Morgan fingerprint density at radius 1 is 1.17 bits per heavy atom. The summed E-state index contributed by atoms with van der Waals surface area (Å²) in [5, 5.41) is 2.92. The van der Waals surface area contributed by atoms with Gasteiger partial charge in [0.25, 0.3) is 5.91 Å². The summed E-state index contributed by atoms with van der Waals surface area (Å²) in [6, 6.07) is 10.9. The quantitative estimate of drug-likeness (QED) is 0.883. The molecule has 0 aliphatic heterocycles. The van der Waals surface area contributed by atoms with E-state index in [4.69, 9.17) is 4.42 Å². The minimum absolute atomic E-state index is 0.0591. The van der Waals surface area contributed by atoms with Gasteiger partial charge < -0.3 is 14.6 Å². The van der Waals surface area contributed by atoms with E-state index in [2.05, 4.69) is 5.32 Å². The van der Waals surface area contributed by atoms with E-state index in [-0.39, 0.29) is 23.7 Å². The second-order valence-electron chi connectivity index (χ2n) is 5.98. The number of para-hydroxylation sites is 1. The maximum atomic E-state index is 12.6. The Bertz CT molecular complexity index is 720. The van der Waals surface area contributed by atoms with Gasteiger partial charge in [-0.3, -0.25) is 9.59 Å². The van der Waals surface area contributed by atoms with Crippen molar-refractivity contribution in [3.8, 4) is 0 Å². The van der Waals surface area contributed by atoms with Gasteiger partial charge in [-0.05, 0) is 44.5 Å². The minimum Gasteiger partial charge on any atom is -0.469 e. The Kier molecular flexibility index (Phi) is 4.69. The van der Waals surface area contributed by atoms with Crippen LogP contribution in [0, 0.1) is 5.92 Å². The third-order valence-electron chi connectivity index (χ3n) is 4.50. The molecular weight excluding hydrogens is 304 g/mol. The summed E-state index contributed by atoms with van der Waals surface area (Å²) in [5.74, 6) is 0.784. The fourth-order valence-electron chi connectivity index (χ4n) is 2.99. The molecule has 2 unspecified atom stereocenters. The molecule has 2 atom stereocenters. The average Bonchev–Trinajstić information content (AvgIpc) is 3.22. The van der Waals surface area contributed by atoms with Crippen LogP contribution in [0.3, 0.4) is 0 Å². The summed E-state index contributed by atoms with van der Waals surface area (Å²) in [6.07, 6.45) is 2.41. The Labute approximate surface area is 141 Å². The van der Waals surface area contributed by atoms with E-state index < -0.39 is 0 Å². The van der Waals surface area contributed by atoms with Gasteiger partial charge in [-0.2, -0.15) is 0 Å². The van der Waals surface area contributed by atoms with Crippen molar-refractivity contribution in [3.05, 3.63) is 54.0 Å². The molecule has 1 fully saturated rings. The highest BCUT2D eigenvalue weighted by atomic mass is 16.3. The lowest BCUT2D eigenvalue weighted by atomic mass is 10.1. The lowest BCUT2D eigenvalue weighted by Gasteiger charge is -2.20. The molecule has 2 aromatic rings. The standard InChI is InChI=1S/C19H22N2O3/c1-3-21(4-2)19(23)13-8-5-6-9-16(13)20-18(22)15-12-14(15)17-10-7-11-24-17/h5-11,14-15H,3-4,12H2,1-2H3,(H,20,22). The number of furan rings is 1. The second kappa shape index (κ2) is 6.91. The highest BCUT2D eigenvalue weighted by Gasteiger charge is 2.46. The Morgan fingerprint density at radius 2 is 1.92 bits per heavy atom. The molecule has 0 bridgehead atoms. The third kappa shape index (κ3) is 3.20. The topological polar surface area (TPSA) is 62.6 Å². The van der Waals surface area contributed by atoms with Crippen LogP contribution in [0.5, 0.6) is 0 Å². The molecule has 24 heavy (non-hydrogen) atoms. The van der Waals surface area contributed by atoms with Crippen molar-refractivity contribution in [1.29, 1.82) is 0 Å². The van der Waals surface area contributed by atoms with Gasteiger partial charge in [-0.25, -0.2) is 0 Å². The van der Waals surface area contributed by atoms with Gasteiger partial charge in [-0.15, -0.1) is 0 Å². The highest BCUT2D eigenvalue weighted by Crippen LogP contribution is 2.48. The molecule has 5 nitrogen and oxygen atoms in total. The van der Waals surface area contributed by atoms with Crippen LogP contribution >= 0.6 is 0 Å². The van der Waals surface area contributed by atoms with Crippen molar-refractivity contribution < 1.29 is 14.0 Å². The normalized spacial score (nSPS) is 18.9. The second-order valence-corrected chi connectivity index (χ2v) is 5.98. The van der Waals surface area contributed by atoms with Crippen molar-refractivity contribution >= 4 is 17.5 Å². The van der Waals surface area contributed by atoms with Crippen molar-refractivity contribution in [1.82, 2.24) is 4.90 Å². The van der Waals surface area contributed by atoms with Gasteiger partial charge in [0.15, 0.2) is 0 Å². The number of rotatable bonds is 6. The van der Waals surface area contributed by atoms with Crippen LogP contribution in [0.15, 0.2) is 47.1 Å². The lowest BCUT2D eigenvalue weighted by Crippen LogP contribution is -2.31. The fourth-order valence-corrected chi connectivity index (χ4v) is 2.99. The monoisotopic (exact) mass is 326 g/mol. The van der Waals surface area contributed by atoms with E-state index in [1.165, 1.54) is 0 Å². The molecule has 1 saturated carbocycles. The van der Waals surface area contributed by atoms with Crippen LogP contribution < -0.4 is 5.32 Å². The van der Waals surface area contributed by atoms with Gasteiger partial charge in [0.1, 0.15) is 5.76 Å². The average molecular weight is 326 g/mol. The Morgan fingerprint density at radius 3 is 2.58 bits per heavy atom. The number of anilines is 1. The van der Waals surface area contributed by atoms with Crippen LogP contribution in [-0.4, -0.2) is 29.8 Å². The van der Waals surface area contributed by atoms with Crippen molar-refractivity contribution in [3.63, 3.8) is 0 Å². The number of amides is 2. The number of carbonyl (C=O) groups is 2. The van der Waals surface area contributed by atoms with Gasteiger partial charge in [0, 0.05) is 24.9 Å². The van der Waals surface area contributed by atoms with Crippen LogP contribution in [0.2, 0.25) is 0 Å². The zero-order valence-electron chi connectivity index (χ0n) is 14.0. The van der Waals surface area contributed by atoms with E-state index in [0.717, 1.165) is 12.2 Å². The smallest absolute Gasteiger partial charge is 0.255 e. The molecule has 0 spiro atoms. The third-order valence-corrected chi connectivity index (χ3v) is 4.50. The zero-order valence-corrected chi connectivity index (χ0v) is 14.0. The van der Waals surface area contributed by atoms with Crippen molar-refractivity contribution in [2.75, 3.05) is 18.4 Å². The van der Waals surface area contributed by atoms with Gasteiger partial charge in [0.2, 0.25) is 5.91 Å². The van der Waals surface area contributed by atoms with Crippen molar-refractivity contribution in [2.24, 2.45) is 5.92 Å². The maximum absolute atomic E-state index is 12.6. The molecule has 1 aromatic heterocycles. The number of hydrogen-bond donors (Lipinski definition) is 1. The number of nitrogens with zero attached hydrogens (tertiary/aromatic N) is 1. The van der Waals surface area contributed by atoms with Crippen LogP contribution in [0.4, 0.5) is 5.69 Å². The molecular formula is C19H22N2O3. The first-order valence-electron chi connectivity index (χ1n) is 8.38. The predicted molar refractivity (Wildman–Crippen MR) is 91.9 cm³/mol. The number of nitrogens with one attached hydrogen (secondary N) is 1. The summed E-state index contributed by atoms with van der Waals surface area (Å²) in [6.45, 7) is 5.17. The summed E-state index contributed by atoms with van der Waals surface area (Å²) in [4.78, 5) is 26.8. The molecule has 1 aliphatic carbocycles. The van der Waals surface area contributed by atoms with Gasteiger partial charge >= 0.3 is 0 Å². The molecule has 1 N–H and O–H groups in total. The van der Waals surface area contributed by atoms with E-state index >= 15 is 0 Å². The summed E-state index contributed by atoms with van der Waals surface area (Å²) >= 11 is 0. The molecule has 2 amide bonds. The molecule has 3 rings (SSSR count). The summed E-state index contributed by atoms with van der Waals surface area (Å²) < 4.78 is 5.37. The first kappa shape index (κ1) is 16.3. The Balaban J connectivity index is 1.72. The van der Waals surface area contributed by atoms with E-state index in [9.17, 15) is 9.59 Å². The number of hydrogen-bond acceptors (Lipinski definition) is 3. The van der Waals surface area contributed by atoms with Crippen LogP contribution in [0.25, 0.3) is 0 Å². The summed E-state index contributed by atoms with van der Waals surface area (Å²) in [5.41, 5.74) is 1.11. The van der Waals surface area contributed by atoms with Crippen molar-refractivity contribution in [2.45, 2.75) is 26.2 Å². The zero-order chi connectivity index (χ0) is 17.1. The molecule has 1 heterocycles. The fraction of sp³-hybridized carbons (Fsp3) is 0.368. The molecule has 1 aromatic carbocycles. The van der Waals surface area contributed by atoms with Gasteiger partial charge in [-0.1, -0.05) is 12.1 Å². The molecule has 0 saturated heterocycles. The van der Waals surface area contributed by atoms with E-state index in [1.807, 2.05) is 38.1 Å². The minimum atomic E-state index is -0.0900. The highest BCUT2D eigenvalue weighted by molar-refractivity contribution is 6.04. The lowest BCUT2D eigenvalue weighted by molar-refractivity contribution is -0.117. The largest absolute Gasteiger partial charge is 0.469 e. The molecule has 0 radical (unpaired) electrons. The summed E-state index contributed by atoms with van der Waals surface area (Å²) in [7, 11) is 0.